The number of nitrogens with one attached hydrogen (secondary N) is 1. The molecule has 6 heteroatoms. The standard InChI is InChI=1S/C22H13BrFNO3/c23-16-9-10-19(18(24)12-16)25-21(26)14-7-5-13(6-8-14)17-11-15-3-1-2-4-20(15)28-22(17)27/h1-12H,(H,25,26). The van der Waals surface area contributed by atoms with E-state index >= 15 is 0 Å². The second kappa shape index (κ2) is 7.40. The summed E-state index contributed by atoms with van der Waals surface area (Å²) in [5.41, 5.74) is 1.54. The van der Waals surface area contributed by atoms with Gasteiger partial charge in [-0.1, -0.05) is 46.3 Å². The Kier molecular flexibility index (Phi) is 4.79. The Hall–Kier alpha value is -3.25. The molecule has 1 N–H and O–H groups in total. The van der Waals surface area contributed by atoms with Crippen LogP contribution in [0.5, 0.6) is 0 Å². The first-order valence-electron chi connectivity index (χ1n) is 8.41. The van der Waals surface area contributed by atoms with Crippen LogP contribution < -0.4 is 10.9 Å². The lowest BCUT2D eigenvalue weighted by Gasteiger charge is -2.08. The zero-order valence-electron chi connectivity index (χ0n) is 14.4. The van der Waals surface area contributed by atoms with Crippen molar-refractivity contribution in [3.63, 3.8) is 0 Å². The van der Waals surface area contributed by atoms with Crippen molar-refractivity contribution in [3.8, 4) is 11.1 Å². The molecule has 4 rings (SSSR count). The summed E-state index contributed by atoms with van der Waals surface area (Å²) in [5, 5.41) is 3.34. The third kappa shape index (κ3) is 3.59. The minimum atomic E-state index is -0.534. The third-order valence-electron chi connectivity index (χ3n) is 4.28. The average molecular weight is 438 g/mol. The molecular formula is C22H13BrFNO3. The van der Waals surface area contributed by atoms with Gasteiger partial charge < -0.3 is 9.73 Å². The molecule has 4 aromatic rings. The fourth-order valence-corrected chi connectivity index (χ4v) is 3.18. The van der Waals surface area contributed by atoms with Gasteiger partial charge in [0.15, 0.2) is 0 Å². The van der Waals surface area contributed by atoms with Crippen molar-refractivity contribution in [2.45, 2.75) is 0 Å². The highest BCUT2D eigenvalue weighted by Gasteiger charge is 2.12. The topological polar surface area (TPSA) is 59.3 Å². The fourth-order valence-electron chi connectivity index (χ4n) is 2.85. The van der Waals surface area contributed by atoms with Crippen LogP contribution in [0.3, 0.4) is 0 Å². The first-order chi connectivity index (χ1) is 13.5. The van der Waals surface area contributed by atoms with Crippen LogP contribution in [0.4, 0.5) is 10.1 Å². The number of hydrogen-bond donors (Lipinski definition) is 1. The first kappa shape index (κ1) is 18.1. The van der Waals surface area contributed by atoms with E-state index in [4.69, 9.17) is 4.42 Å². The molecule has 0 spiro atoms. The molecule has 28 heavy (non-hydrogen) atoms. The van der Waals surface area contributed by atoms with Crippen molar-refractivity contribution in [2.75, 3.05) is 5.32 Å². The monoisotopic (exact) mass is 437 g/mol. The van der Waals surface area contributed by atoms with Crippen molar-refractivity contribution in [2.24, 2.45) is 0 Å². The van der Waals surface area contributed by atoms with Gasteiger partial charge >= 0.3 is 5.63 Å². The highest BCUT2D eigenvalue weighted by atomic mass is 79.9. The van der Waals surface area contributed by atoms with Gasteiger partial charge in [0.2, 0.25) is 0 Å². The molecule has 1 aromatic heterocycles. The predicted molar refractivity (Wildman–Crippen MR) is 110 cm³/mol. The molecule has 0 saturated heterocycles. The summed E-state index contributed by atoms with van der Waals surface area (Å²) in [5.74, 6) is -0.980. The lowest BCUT2D eigenvalue weighted by molar-refractivity contribution is 0.102. The molecule has 0 aliphatic carbocycles. The summed E-state index contributed by atoms with van der Waals surface area (Å²) in [7, 11) is 0. The molecule has 0 radical (unpaired) electrons. The second-order valence-corrected chi connectivity index (χ2v) is 7.06. The summed E-state index contributed by atoms with van der Waals surface area (Å²) in [6.45, 7) is 0. The van der Waals surface area contributed by atoms with Crippen LogP contribution in [0.1, 0.15) is 10.4 Å². The Morgan fingerprint density at radius 2 is 1.71 bits per heavy atom. The van der Waals surface area contributed by atoms with Crippen LogP contribution in [-0.2, 0) is 0 Å². The van der Waals surface area contributed by atoms with Crippen LogP contribution in [0.15, 0.2) is 86.5 Å². The highest BCUT2D eigenvalue weighted by molar-refractivity contribution is 9.10. The lowest BCUT2D eigenvalue weighted by Crippen LogP contribution is -2.13. The molecule has 0 aliphatic rings. The number of halogens is 2. The predicted octanol–water partition coefficient (Wildman–Crippen LogP) is 5.61. The number of fused-ring (bicyclic) bond motifs is 1. The van der Waals surface area contributed by atoms with E-state index in [0.717, 1.165) is 5.39 Å². The average Bonchev–Trinajstić information content (AvgIpc) is 2.69. The Morgan fingerprint density at radius 1 is 0.964 bits per heavy atom. The Morgan fingerprint density at radius 3 is 2.46 bits per heavy atom. The maximum Gasteiger partial charge on any atom is 0.344 e. The summed E-state index contributed by atoms with van der Waals surface area (Å²) < 4.78 is 19.8. The van der Waals surface area contributed by atoms with E-state index in [1.54, 1.807) is 48.5 Å². The zero-order chi connectivity index (χ0) is 19.7. The van der Waals surface area contributed by atoms with Gasteiger partial charge in [-0.05, 0) is 48.0 Å². The van der Waals surface area contributed by atoms with E-state index < -0.39 is 17.3 Å². The number of amides is 1. The molecule has 138 valence electrons. The largest absolute Gasteiger partial charge is 0.422 e. The van der Waals surface area contributed by atoms with Gasteiger partial charge in [0, 0.05) is 15.4 Å². The number of anilines is 1. The first-order valence-corrected chi connectivity index (χ1v) is 9.20. The number of rotatable bonds is 3. The molecule has 0 unspecified atom stereocenters. The molecule has 0 saturated carbocycles. The van der Waals surface area contributed by atoms with Crippen LogP contribution in [-0.4, -0.2) is 5.91 Å². The smallest absolute Gasteiger partial charge is 0.344 e. The van der Waals surface area contributed by atoms with Crippen LogP contribution in [0.25, 0.3) is 22.1 Å². The van der Waals surface area contributed by atoms with Crippen LogP contribution in [0.2, 0.25) is 0 Å². The quantitative estimate of drug-likeness (QED) is 0.423. The molecule has 3 aromatic carbocycles. The van der Waals surface area contributed by atoms with E-state index in [2.05, 4.69) is 21.2 Å². The van der Waals surface area contributed by atoms with Gasteiger partial charge in [0.05, 0.1) is 11.3 Å². The summed E-state index contributed by atoms with van der Waals surface area (Å²) in [6, 6.07) is 19.9. The van der Waals surface area contributed by atoms with Crippen molar-refractivity contribution in [1.82, 2.24) is 0 Å². The number of para-hydroxylation sites is 1. The molecule has 0 fully saturated rings. The van der Waals surface area contributed by atoms with Gasteiger partial charge in [0.25, 0.3) is 5.91 Å². The summed E-state index contributed by atoms with van der Waals surface area (Å²) in [4.78, 5) is 24.6. The van der Waals surface area contributed by atoms with Crippen molar-refractivity contribution < 1.29 is 13.6 Å². The lowest BCUT2D eigenvalue weighted by atomic mass is 10.0. The van der Waals surface area contributed by atoms with E-state index in [-0.39, 0.29) is 5.69 Å². The summed E-state index contributed by atoms with van der Waals surface area (Å²) in [6.07, 6.45) is 0. The number of carbonyl (C=O) groups is 1. The summed E-state index contributed by atoms with van der Waals surface area (Å²) >= 11 is 3.17. The van der Waals surface area contributed by atoms with E-state index in [1.165, 1.54) is 12.1 Å². The number of carbonyl (C=O) groups excluding carboxylic acids is 1. The fraction of sp³-hybridized carbons (Fsp3) is 0. The van der Waals surface area contributed by atoms with Gasteiger partial charge in [-0.2, -0.15) is 0 Å². The Bertz CT molecular complexity index is 1250. The SMILES string of the molecule is O=C(Nc1ccc(Br)cc1F)c1ccc(-c2cc3ccccc3oc2=O)cc1. The van der Waals surface area contributed by atoms with Gasteiger partial charge in [-0.15, -0.1) is 0 Å². The minimum absolute atomic E-state index is 0.0902. The normalized spacial score (nSPS) is 10.8. The van der Waals surface area contributed by atoms with Crippen molar-refractivity contribution >= 4 is 38.5 Å². The molecule has 1 heterocycles. The van der Waals surface area contributed by atoms with Gasteiger partial charge in [-0.3, -0.25) is 4.79 Å². The second-order valence-electron chi connectivity index (χ2n) is 6.14. The third-order valence-corrected chi connectivity index (χ3v) is 4.77. The Labute approximate surface area is 167 Å². The van der Waals surface area contributed by atoms with E-state index in [9.17, 15) is 14.0 Å². The van der Waals surface area contributed by atoms with E-state index in [1.807, 2.05) is 12.1 Å². The highest BCUT2D eigenvalue weighted by Crippen LogP contribution is 2.23. The van der Waals surface area contributed by atoms with Crippen LogP contribution in [0, 0.1) is 5.82 Å². The maximum absolute atomic E-state index is 13.9. The maximum atomic E-state index is 13.9. The minimum Gasteiger partial charge on any atom is -0.422 e. The number of hydrogen-bond acceptors (Lipinski definition) is 3. The Balaban J connectivity index is 1.61. The molecule has 0 bridgehead atoms. The zero-order valence-corrected chi connectivity index (χ0v) is 16.0. The molecule has 1 amide bonds. The van der Waals surface area contributed by atoms with E-state index in [0.29, 0.717) is 26.7 Å². The van der Waals surface area contributed by atoms with Crippen molar-refractivity contribution in [1.29, 1.82) is 0 Å². The van der Waals surface area contributed by atoms with Gasteiger partial charge in [0.1, 0.15) is 11.4 Å². The molecule has 0 atom stereocenters. The van der Waals surface area contributed by atoms with Crippen LogP contribution >= 0.6 is 15.9 Å². The van der Waals surface area contributed by atoms with Crippen molar-refractivity contribution in [3.05, 3.63) is 99.1 Å². The van der Waals surface area contributed by atoms with Gasteiger partial charge in [-0.25, -0.2) is 9.18 Å². The molecule has 4 nitrogen and oxygen atoms in total. The molecular weight excluding hydrogens is 425 g/mol. The number of benzene rings is 3. The molecule has 0 aliphatic heterocycles.